The van der Waals surface area contributed by atoms with Crippen LogP contribution in [0.4, 0.5) is 10.2 Å². The summed E-state index contributed by atoms with van der Waals surface area (Å²) in [6.07, 6.45) is 4.87. The number of nitrogens with zero attached hydrogens (tertiary/aromatic N) is 4. The Hall–Kier alpha value is -1.94. The second-order valence-corrected chi connectivity index (χ2v) is 10.8. The molecule has 0 radical (unpaired) electrons. The van der Waals surface area contributed by atoms with Gasteiger partial charge in [-0.1, -0.05) is 21.0 Å². The molecular formula is C20H26FN7O3PS2-. The summed E-state index contributed by atoms with van der Waals surface area (Å²) < 4.78 is 38.2. The number of pyridine rings is 1. The lowest BCUT2D eigenvalue weighted by molar-refractivity contribution is 0.202. The highest BCUT2D eigenvalue weighted by atomic mass is 32.2. The number of piperidine rings is 1. The van der Waals surface area contributed by atoms with Crippen LogP contribution in [0.15, 0.2) is 23.4 Å². The zero-order valence-electron chi connectivity index (χ0n) is 18.2. The quantitative estimate of drug-likeness (QED) is 0.198. The number of rotatable bonds is 5. The first-order chi connectivity index (χ1) is 16.1. The predicted octanol–water partition coefficient (Wildman–Crippen LogP) is 1.99. The largest absolute Gasteiger partial charge is 0.768 e. The van der Waals surface area contributed by atoms with E-state index in [0.717, 1.165) is 25.7 Å². The van der Waals surface area contributed by atoms with Gasteiger partial charge >= 0.3 is 0 Å². The minimum Gasteiger partial charge on any atom is -0.768 e. The Morgan fingerprint density at radius 1 is 1.47 bits per heavy atom. The Morgan fingerprint density at radius 3 is 2.59 bits per heavy atom. The molecule has 0 aromatic carbocycles. The molecule has 34 heavy (non-hydrogen) atoms. The van der Waals surface area contributed by atoms with E-state index in [1.807, 2.05) is 20.2 Å². The zero-order valence-corrected chi connectivity index (χ0v) is 21.0. The summed E-state index contributed by atoms with van der Waals surface area (Å²) in [5, 5.41) is 32.7. The first-order valence-electron chi connectivity index (χ1n) is 10.5. The van der Waals surface area contributed by atoms with Crippen molar-refractivity contribution < 1.29 is 18.3 Å². The number of nitrogens with two attached hydrogens (primary N) is 1. The van der Waals surface area contributed by atoms with E-state index in [9.17, 15) is 18.3 Å². The highest BCUT2D eigenvalue weighted by Gasteiger charge is 2.38. The van der Waals surface area contributed by atoms with Crippen molar-refractivity contribution in [2.75, 3.05) is 24.6 Å². The van der Waals surface area contributed by atoms with Gasteiger partial charge < -0.3 is 20.3 Å². The molecule has 10 nitrogen and oxygen atoms in total. The first kappa shape index (κ1) is 26.7. The van der Waals surface area contributed by atoms with Crippen LogP contribution in [0.3, 0.4) is 0 Å². The summed E-state index contributed by atoms with van der Waals surface area (Å²) in [4.78, 5) is 6.31. The fraction of sp³-hybridized carbons (Fsp3) is 0.500. The maximum absolute atomic E-state index is 13.2. The predicted molar refractivity (Wildman–Crippen MR) is 133 cm³/mol. The van der Waals surface area contributed by atoms with E-state index < -0.39 is 22.5 Å². The summed E-state index contributed by atoms with van der Waals surface area (Å²) in [5.41, 5.74) is 5.48. The molecule has 0 spiro atoms. The molecule has 3 atom stereocenters. The number of halogens is 1. The number of imidazole rings is 1. The third-order valence-corrected chi connectivity index (χ3v) is 7.72. The van der Waals surface area contributed by atoms with Gasteiger partial charge in [-0.25, -0.2) is 9.37 Å². The summed E-state index contributed by atoms with van der Waals surface area (Å²) in [5.74, 6) is -0.709. The third kappa shape index (κ3) is 6.38. The van der Waals surface area contributed by atoms with Crippen molar-refractivity contribution in [1.29, 1.82) is 16.1 Å². The number of nitrogens with one attached hydrogen (secondary N) is 2. The van der Waals surface area contributed by atoms with Crippen LogP contribution in [-0.2, 0) is 11.1 Å². The molecule has 4 rings (SSSR count). The topological polar surface area (TPSA) is 178 Å². The van der Waals surface area contributed by atoms with Gasteiger partial charge in [-0.15, -0.1) is 0 Å². The lowest BCUT2D eigenvalue weighted by atomic mass is 9.98. The van der Waals surface area contributed by atoms with Crippen LogP contribution in [-0.4, -0.2) is 64.5 Å². The molecule has 2 aromatic rings. The second-order valence-electron chi connectivity index (χ2n) is 8.21. The van der Waals surface area contributed by atoms with E-state index in [-0.39, 0.29) is 33.2 Å². The summed E-state index contributed by atoms with van der Waals surface area (Å²) in [6, 6.07) is 4.97. The summed E-state index contributed by atoms with van der Waals surface area (Å²) >= 11 is -1.83. The lowest BCUT2D eigenvalue weighted by Gasteiger charge is -2.33. The van der Waals surface area contributed by atoms with Gasteiger partial charge in [-0.2, -0.15) is 5.26 Å². The van der Waals surface area contributed by atoms with Gasteiger partial charge in [0.25, 0.3) is 0 Å². The molecule has 184 valence electrons. The van der Waals surface area contributed by atoms with Gasteiger partial charge in [0.1, 0.15) is 33.5 Å². The van der Waals surface area contributed by atoms with Crippen molar-refractivity contribution in [3.8, 4) is 6.07 Å². The number of aromatic nitrogens is 2. The average Bonchev–Trinajstić information content (AvgIpc) is 3.42. The molecule has 3 unspecified atom stereocenters. The number of hydrogen-bond donors (Lipinski definition) is 4. The van der Waals surface area contributed by atoms with Crippen LogP contribution in [0, 0.1) is 28.1 Å². The fourth-order valence-corrected chi connectivity index (χ4v) is 4.57. The Labute approximate surface area is 205 Å². The van der Waals surface area contributed by atoms with E-state index in [1.165, 1.54) is 12.4 Å². The number of hydrogen-bond acceptors (Lipinski definition) is 10. The van der Waals surface area contributed by atoms with Crippen molar-refractivity contribution in [3.05, 3.63) is 24.2 Å². The van der Waals surface area contributed by atoms with Gasteiger partial charge in [0, 0.05) is 24.6 Å². The monoisotopic (exact) mass is 526 g/mol. The van der Waals surface area contributed by atoms with Crippen LogP contribution in [0.25, 0.3) is 5.52 Å². The number of thioether (sulfide) groups is 1. The smallest absolute Gasteiger partial charge is 0.160 e. The molecule has 14 heteroatoms. The molecule has 1 aliphatic carbocycles. The Bertz CT molecular complexity index is 1140. The van der Waals surface area contributed by atoms with Gasteiger partial charge in [-0.05, 0) is 54.8 Å². The maximum atomic E-state index is 13.2. The first-order valence-corrected chi connectivity index (χ1v) is 13.1. The van der Waals surface area contributed by atoms with Crippen LogP contribution in [0.5, 0.6) is 0 Å². The third-order valence-electron chi connectivity index (χ3n) is 5.68. The number of anilines is 1. The van der Waals surface area contributed by atoms with E-state index in [0.29, 0.717) is 36.2 Å². The number of fused-ring (bicyclic) bond motifs is 1. The minimum atomic E-state index is -2.47. The Balaban J connectivity index is 0.000000469. The van der Waals surface area contributed by atoms with Crippen molar-refractivity contribution in [2.24, 2.45) is 11.7 Å². The number of aliphatic hydroxyl groups is 1. The van der Waals surface area contributed by atoms with Gasteiger partial charge in [-0.3, -0.25) is 19.4 Å². The molecule has 2 fully saturated rings. The molecule has 1 aliphatic heterocycles. The Kier molecular flexibility index (Phi) is 8.78. The molecule has 3 heterocycles. The molecular weight excluding hydrogens is 500 g/mol. The van der Waals surface area contributed by atoms with Crippen LogP contribution < -0.4 is 10.6 Å². The van der Waals surface area contributed by atoms with Gasteiger partial charge in [0.2, 0.25) is 0 Å². The molecule has 2 aromatic heterocycles. The van der Waals surface area contributed by atoms with Crippen molar-refractivity contribution >= 4 is 53.5 Å². The molecule has 2 aliphatic rings. The van der Waals surface area contributed by atoms with Gasteiger partial charge in [0.15, 0.2) is 5.91 Å². The van der Waals surface area contributed by atoms with Crippen molar-refractivity contribution in [2.45, 2.75) is 42.0 Å². The zero-order chi connectivity index (χ0) is 25.0. The Morgan fingerprint density at radius 2 is 2.12 bits per heavy atom. The van der Waals surface area contributed by atoms with Crippen LogP contribution in [0.1, 0.15) is 31.4 Å². The van der Waals surface area contributed by atoms with E-state index in [1.54, 1.807) is 10.5 Å². The normalized spacial score (nSPS) is 19.0. The van der Waals surface area contributed by atoms with Gasteiger partial charge in [0.05, 0.1) is 11.6 Å². The summed E-state index contributed by atoms with van der Waals surface area (Å²) in [6.45, 7) is 1.46. The number of aliphatic hydroxyl groups excluding tert-OH is 1. The molecule has 1 saturated heterocycles. The number of alkyl halides is 1. The number of nitriles is 1. The average molecular weight is 527 g/mol. The fourth-order valence-electron chi connectivity index (χ4n) is 3.37. The van der Waals surface area contributed by atoms with E-state index in [4.69, 9.17) is 21.8 Å². The minimum absolute atomic E-state index is 0.0656. The highest BCUT2D eigenvalue weighted by molar-refractivity contribution is 8.27. The SMILES string of the molecule is N#CC1(N)CC1.N=C(SC(=N)C(F)P)c1ncn2c(N3CCC(CO)CC3)cc(S(=O)[O-])cc12. The second kappa shape index (κ2) is 11.2. The van der Waals surface area contributed by atoms with Crippen molar-refractivity contribution in [1.82, 2.24) is 9.38 Å². The van der Waals surface area contributed by atoms with Crippen molar-refractivity contribution in [3.63, 3.8) is 0 Å². The maximum Gasteiger partial charge on any atom is 0.160 e. The van der Waals surface area contributed by atoms with Crippen LogP contribution in [0.2, 0.25) is 0 Å². The molecule has 5 N–H and O–H groups in total. The molecule has 0 amide bonds. The van der Waals surface area contributed by atoms with E-state index in [2.05, 4.69) is 4.98 Å². The summed E-state index contributed by atoms with van der Waals surface area (Å²) in [7, 11) is 1.86. The lowest BCUT2D eigenvalue weighted by Crippen LogP contribution is -2.35. The van der Waals surface area contributed by atoms with Crippen LogP contribution >= 0.6 is 21.0 Å². The van der Waals surface area contributed by atoms with E-state index >= 15 is 0 Å². The highest BCUT2D eigenvalue weighted by Crippen LogP contribution is 2.31. The standard InChI is InChI=1S/C16H21FN5O3PS2.C4H6N2/c17-14(26)16(19)27-15(18)13-11-5-10(28(24)25)6-12(22(11)8-20-13)21-3-1-9(7-23)2-4-21;5-3-4(6)1-2-4/h5-6,8-9,14,18-19,23H,1-4,7,26H2,(H,24,25);1-2,6H2/p-1. The molecule has 0 bridgehead atoms. The molecule has 1 saturated carbocycles.